The Hall–Kier alpha value is -2.24. The fourth-order valence-corrected chi connectivity index (χ4v) is 1.70. The van der Waals surface area contributed by atoms with Gasteiger partial charge in [-0.05, 0) is 59.2 Å². The van der Waals surface area contributed by atoms with Crippen LogP contribution in [-0.2, 0) is 16.0 Å². The van der Waals surface area contributed by atoms with Crippen molar-refractivity contribution in [2.45, 2.75) is 59.3 Å². The molecular formula is C17H26N2O4. The van der Waals surface area contributed by atoms with E-state index in [1.165, 1.54) is 0 Å². The Morgan fingerprint density at radius 3 is 2.09 bits per heavy atom. The lowest BCUT2D eigenvalue weighted by atomic mass is 10.1. The monoisotopic (exact) mass is 322 g/mol. The molecule has 0 aromatic heterocycles. The fraction of sp³-hybridized carbons (Fsp3) is 0.529. The molecule has 0 atom stereocenters. The molecular weight excluding hydrogens is 296 g/mol. The largest absolute Gasteiger partial charge is 0.456 e. The molecule has 1 aromatic rings. The van der Waals surface area contributed by atoms with Gasteiger partial charge in [0.15, 0.2) is 0 Å². The van der Waals surface area contributed by atoms with Crippen molar-refractivity contribution >= 4 is 17.7 Å². The Balaban J connectivity index is 2.70. The molecule has 6 nitrogen and oxygen atoms in total. The number of nitrogen functional groups attached to an aromatic ring is 1. The van der Waals surface area contributed by atoms with E-state index >= 15 is 0 Å². The summed E-state index contributed by atoms with van der Waals surface area (Å²) in [6.45, 7) is 11.0. The highest BCUT2D eigenvalue weighted by atomic mass is 16.6. The lowest BCUT2D eigenvalue weighted by molar-refractivity contribution is 0.00692. The summed E-state index contributed by atoms with van der Waals surface area (Å²) < 4.78 is 10.4. The van der Waals surface area contributed by atoms with Gasteiger partial charge in [0.1, 0.15) is 11.2 Å². The highest BCUT2D eigenvalue weighted by molar-refractivity contribution is 5.91. The van der Waals surface area contributed by atoms with Crippen LogP contribution >= 0.6 is 0 Å². The van der Waals surface area contributed by atoms with Gasteiger partial charge in [-0.15, -0.1) is 0 Å². The number of hydrogen-bond donors (Lipinski definition) is 2. The van der Waals surface area contributed by atoms with E-state index in [9.17, 15) is 9.59 Å². The molecule has 1 amide bonds. The molecule has 0 fully saturated rings. The summed E-state index contributed by atoms with van der Waals surface area (Å²) in [6.07, 6.45) is -0.520. The number of carbonyl (C=O) groups excluding carboxylic acids is 2. The number of rotatable bonds is 3. The summed E-state index contributed by atoms with van der Waals surface area (Å²) in [4.78, 5) is 23.6. The second kappa shape index (κ2) is 6.89. The summed E-state index contributed by atoms with van der Waals surface area (Å²) in [5.74, 6) is -0.434. The molecule has 3 N–H and O–H groups in total. The number of nitrogens with one attached hydrogen (secondary N) is 1. The van der Waals surface area contributed by atoms with Crippen LogP contribution in [0.4, 0.5) is 10.5 Å². The first-order chi connectivity index (χ1) is 10.4. The molecule has 0 bridgehead atoms. The second-order valence-corrected chi connectivity index (χ2v) is 7.27. The zero-order valence-corrected chi connectivity index (χ0v) is 14.6. The van der Waals surface area contributed by atoms with Crippen LogP contribution in [0.25, 0.3) is 0 Å². The van der Waals surface area contributed by atoms with E-state index in [1.54, 1.807) is 59.7 Å². The standard InChI is InChI=1S/C17H26N2O4/c1-16(2,3)22-14(20)11-7-8-12(13(18)9-11)10-19-15(21)23-17(4,5)6/h7-9H,10,18H2,1-6H3,(H,19,21). The first kappa shape index (κ1) is 18.8. The lowest BCUT2D eigenvalue weighted by Crippen LogP contribution is -2.32. The predicted molar refractivity (Wildman–Crippen MR) is 89.1 cm³/mol. The van der Waals surface area contributed by atoms with Crippen molar-refractivity contribution < 1.29 is 19.1 Å². The molecule has 0 saturated carbocycles. The number of amides is 1. The molecule has 23 heavy (non-hydrogen) atoms. The molecule has 128 valence electrons. The van der Waals surface area contributed by atoms with Gasteiger partial charge in [0.2, 0.25) is 0 Å². The lowest BCUT2D eigenvalue weighted by Gasteiger charge is -2.20. The van der Waals surface area contributed by atoms with E-state index in [1.807, 2.05) is 0 Å². The highest BCUT2D eigenvalue weighted by Crippen LogP contribution is 2.18. The highest BCUT2D eigenvalue weighted by Gasteiger charge is 2.19. The Morgan fingerprint density at radius 1 is 1.04 bits per heavy atom. The molecule has 0 unspecified atom stereocenters. The van der Waals surface area contributed by atoms with E-state index in [0.717, 1.165) is 0 Å². The summed E-state index contributed by atoms with van der Waals surface area (Å²) >= 11 is 0. The van der Waals surface area contributed by atoms with Crippen molar-refractivity contribution in [2.75, 3.05) is 5.73 Å². The van der Waals surface area contributed by atoms with Crippen LogP contribution in [0.5, 0.6) is 0 Å². The van der Waals surface area contributed by atoms with Gasteiger partial charge in [0.25, 0.3) is 0 Å². The Kier molecular flexibility index (Phi) is 5.64. The van der Waals surface area contributed by atoms with Crippen molar-refractivity contribution in [3.63, 3.8) is 0 Å². The fourth-order valence-electron chi connectivity index (χ4n) is 1.70. The van der Waals surface area contributed by atoms with E-state index in [4.69, 9.17) is 15.2 Å². The maximum absolute atomic E-state index is 12.0. The summed E-state index contributed by atoms with van der Waals surface area (Å²) in [5.41, 5.74) is 6.29. The Bertz CT molecular complexity index is 583. The zero-order valence-electron chi connectivity index (χ0n) is 14.6. The van der Waals surface area contributed by atoms with Gasteiger partial charge in [0, 0.05) is 12.2 Å². The van der Waals surface area contributed by atoms with Crippen LogP contribution in [-0.4, -0.2) is 23.3 Å². The molecule has 0 heterocycles. The SMILES string of the molecule is CC(C)(C)OC(=O)NCc1ccc(C(=O)OC(C)(C)C)cc1N. The number of benzene rings is 1. The molecule has 0 aliphatic rings. The quantitative estimate of drug-likeness (QED) is 0.658. The van der Waals surface area contributed by atoms with Crippen molar-refractivity contribution in [2.24, 2.45) is 0 Å². The third-order valence-electron chi connectivity index (χ3n) is 2.60. The van der Waals surface area contributed by atoms with E-state index in [0.29, 0.717) is 16.8 Å². The first-order valence-corrected chi connectivity index (χ1v) is 7.46. The van der Waals surface area contributed by atoms with Crippen LogP contribution in [0.2, 0.25) is 0 Å². The molecule has 0 aliphatic carbocycles. The van der Waals surface area contributed by atoms with Crippen molar-refractivity contribution in [1.29, 1.82) is 0 Å². The average Bonchev–Trinajstić information content (AvgIpc) is 2.33. The van der Waals surface area contributed by atoms with Gasteiger partial charge in [0.05, 0.1) is 5.56 Å². The summed E-state index contributed by atoms with van der Waals surface area (Å²) in [7, 11) is 0. The van der Waals surface area contributed by atoms with Crippen molar-refractivity contribution in [1.82, 2.24) is 5.32 Å². The number of carbonyl (C=O) groups is 2. The van der Waals surface area contributed by atoms with Crippen LogP contribution in [0.3, 0.4) is 0 Å². The maximum Gasteiger partial charge on any atom is 0.407 e. The molecule has 0 spiro atoms. The Labute approximate surface area is 137 Å². The number of esters is 1. The van der Waals surface area contributed by atoms with Crippen LogP contribution in [0, 0.1) is 0 Å². The first-order valence-electron chi connectivity index (χ1n) is 7.46. The minimum absolute atomic E-state index is 0.218. The van der Waals surface area contributed by atoms with E-state index in [2.05, 4.69) is 5.32 Å². The zero-order chi connectivity index (χ0) is 17.8. The molecule has 1 rings (SSSR count). The second-order valence-electron chi connectivity index (χ2n) is 7.27. The molecule has 1 aromatic carbocycles. The summed E-state index contributed by atoms with van der Waals surface area (Å²) in [6, 6.07) is 4.85. The maximum atomic E-state index is 12.0. The van der Waals surface area contributed by atoms with Gasteiger partial charge in [-0.1, -0.05) is 6.07 Å². The van der Waals surface area contributed by atoms with E-state index < -0.39 is 23.3 Å². The van der Waals surface area contributed by atoms with Gasteiger partial charge < -0.3 is 20.5 Å². The minimum Gasteiger partial charge on any atom is -0.456 e. The smallest absolute Gasteiger partial charge is 0.407 e. The summed E-state index contributed by atoms with van der Waals surface area (Å²) in [5, 5.41) is 2.63. The number of alkyl carbamates (subject to hydrolysis) is 1. The minimum atomic E-state index is -0.567. The third-order valence-corrected chi connectivity index (χ3v) is 2.60. The molecule has 0 saturated heterocycles. The number of nitrogens with two attached hydrogens (primary N) is 1. The van der Waals surface area contributed by atoms with Crippen molar-refractivity contribution in [3.8, 4) is 0 Å². The van der Waals surface area contributed by atoms with Gasteiger partial charge in [-0.3, -0.25) is 0 Å². The normalized spacial score (nSPS) is 11.7. The van der Waals surface area contributed by atoms with Crippen LogP contribution < -0.4 is 11.1 Å². The number of ether oxygens (including phenoxy) is 2. The molecule has 0 radical (unpaired) electrons. The van der Waals surface area contributed by atoms with Crippen molar-refractivity contribution in [3.05, 3.63) is 29.3 Å². The van der Waals surface area contributed by atoms with Gasteiger partial charge >= 0.3 is 12.1 Å². The van der Waals surface area contributed by atoms with E-state index in [-0.39, 0.29) is 6.54 Å². The third kappa shape index (κ3) is 7.04. The topological polar surface area (TPSA) is 90.6 Å². The molecule has 0 aliphatic heterocycles. The number of anilines is 1. The number of hydrogen-bond acceptors (Lipinski definition) is 5. The molecule has 6 heteroatoms. The van der Waals surface area contributed by atoms with Gasteiger partial charge in [-0.2, -0.15) is 0 Å². The average molecular weight is 322 g/mol. The van der Waals surface area contributed by atoms with Crippen LogP contribution in [0.1, 0.15) is 57.5 Å². The predicted octanol–water partition coefficient (Wildman–Crippen LogP) is 3.25. The Morgan fingerprint density at radius 2 is 1.61 bits per heavy atom. The van der Waals surface area contributed by atoms with Crippen LogP contribution in [0.15, 0.2) is 18.2 Å². The van der Waals surface area contributed by atoms with Gasteiger partial charge in [-0.25, -0.2) is 9.59 Å².